The predicted octanol–water partition coefficient (Wildman–Crippen LogP) is 3.44. The van der Waals surface area contributed by atoms with Crippen LogP contribution in [0, 0.1) is 13.7 Å². The monoisotopic (exact) mass is 454 g/mol. The van der Waals surface area contributed by atoms with Gasteiger partial charge in [-0.2, -0.15) is 18.3 Å². The number of nitro groups is 1. The van der Waals surface area contributed by atoms with Crippen LogP contribution in [0.1, 0.15) is 12.0 Å². The molecular weight excluding hydrogens is 444 g/mol. The quantitative estimate of drug-likeness (QED) is 0.426. The molecule has 2 rings (SSSR count). The number of aromatic nitrogens is 2. The van der Waals surface area contributed by atoms with E-state index in [-0.39, 0.29) is 24.3 Å². The Bertz CT molecular complexity index is 776. The highest BCUT2D eigenvalue weighted by molar-refractivity contribution is 14.1. The number of carbonyl (C=O) groups is 1. The normalized spacial score (nSPS) is 11.3. The average Bonchev–Trinajstić information content (AvgIpc) is 2.95. The molecule has 128 valence electrons. The van der Waals surface area contributed by atoms with Crippen LogP contribution in [-0.2, 0) is 17.5 Å². The summed E-state index contributed by atoms with van der Waals surface area (Å²) in [5, 5.41) is 16.7. The smallest absolute Gasteiger partial charge is 0.325 e. The van der Waals surface area contributed by atoms with E-state index in [0.717, 1.165) is 18.3 Å². The molecule has 7 nitrogen and oxygen atoms in total. The lowest BCUT2D eigenvalue weighted by atomic mass is 10.2. The summed E-state index contributed by atoms with van der Waals surface area (Å²) in [6.07, 6.45) is -2.38. The number of amides is 1. The van der Waals surface area contributed by atoms with Gasteiger partial charge in [-0.1, -0.05) is 0 Å². The maximum Gasteiger partial charge on any atom is 0.416 e. The van der Waals surface area contributed by atoms with Crippen LogP contribution in [0.25, 0.3) is 0 Å². The summed E-state index contributed by atoms with van der Waals surface area (Å²) in [6, 6.07) is 3.05. The fourth-order valence-electron chi connectivity index (χ4n) is 1.80. The predicted molar refractivity (Wildman–Crippen MR) is 86.3 cm³/mol. The fourth-order valence-corrected chi connectivity index (χ4v) is 2.27. The van der Waals surface area contributed by atoms with E-state index >= 15 is 0 Å². The van der Waals surface area contributed by atoms with Crippen LogP contribution >= 0.6 is 22.6 Å². The van der Waals surface area contributed by atoms with E-state index in [0.29, 0.717) is 3.57 Å². The Hall–Kier alpha value is -2.18. The molecule has 1 aromatic carbocycles. The van der Waals surface area contributed by atoms with E-state index in [9.17, 15) is 28.1 Å². The molecule has 2 aromatic rings. The van der Waals surface area contributed by atoms with E-state index in [1.807, 2.05) is 22.6 Å². The lowest BCUT2D eigenvalue weighted by molar-refractivity contribution is -0.385. The molecule has 0 aliphatic rings. The first-order valence-electron chi connectivity index (χ1n) is 6.50. The Kier molecular flexibility index (Phi) is 5.41. The van der Waals surface area contributed by atoms with Gasteiger partial charge >= 0.3 is 11.9 Å². The molecule has 0 fully saturated rings. The molecule has 0 aliphatic carbocycles. The zero-order chi connectivity index (χ0) is 17.9. The second-order valence-electron chi connectivity index (χ2n) is 4.71. The van der Waals surface area contributed by atoms with Crippen LogP contribution in [0.5, 0.6) is 0 Å². The van der Waals surface area contributed by atoms with Gasteiger partial charge in [-0.05, 0) is 40.8 Å². The van der Waals surface area contributed by atoms with Gasteiger partial charge in [-0.25, -0.2) is 0 Å². The maximum atomic E-state index is 12.7. The first-order chi connectivity index (χ1) is 11.2. The molecule has 0 aliphatic heterocycles. The number of aryl methyl sites for hydroxylation is 1. The van der Waals surface area contributed by atoms with Crippen LogP contribution < -0.4 is 5.32 Å². The summed E-state index contributed by atoms with van der Waals surface area (Å²) in [5.74, 6) is -0.523. The van der Waals surface area contributed by atoms with Crippen molar-refractivity contribution in [2.75, 3.05) is 5.32 Å². The highest BCUT2D eigenvalue weighted by Crippen LogP contribution is 2.32. The van der Waals surface area contributed by atoms with Crippen LogP contribution in [0.2, 0.25) is 0 Å². The minimum atomic E-state index is -4.50. The summed E-state index contributed by atoms with van der Waals surface area (Å²) < 4.78 is 39.8. The van der Waals surface area contributed by atoms with Crippen molar-refractivity contribution in [3.05, 3.63) is 49.8 Å². The molecule has 0 atom stereocenters. The highest BCUT2D eigenvalue weighted by Gasteiger charge is 2.31. The third-order valence-electron chi connectivity index (χ3n) is 2.97. The second-order valence-corrected chi connectivity index (χ2v) is 5.87. The van der Waals surface area contributed by atoms with Crippen LogP contribution in [0.4, 0.5) is 24.5 Å². The number of nitrogens with one attached hydrogen (secondary N) is 1. The molecule has 0 bridgehead atoms. The third-order valence-corrected chi connectivity index (χ3v) is 3.91. The number of halogens is 4. The molecular formula is C13H10F3IN4O3. The molecule has 1 aromatic heterocycles. The standard InChI is InChI=1S/C13H10F3IN4O3/c14-13(15,16)8-1-2-10(17)11(5-8)19-12(22)3-4-20-7-9(6-18-20)21(23)24/h1-2,5-7H,3-4H2,(H,19,22). The van der Waals surface area contributed by atoms with Crippen molar-refractivity contribution < 1.29 is 22.9 Å². The largest absolute Gasteiger partial charge is 0.416 e. The number of hydrogen-bond donors (Lipinski definition) is 1. The van der Waals surface area contributed by atoms with Gasteiger partial charge < -0.3 is 5.32 Å². The minimum Gasteiger partial charge on any atom is -0.325 e. The number of rotatable bonds is 5. The summed E-state index contributed by atoms with van der Waals surface area (Å²) in [6.45, 7) is 0.0647. The van der Waals surface area contributed by atoms with Crippen molar-refractivity contribution in [3.63, 3.8) is 0 Å². The number of carbonyl (C=O) groups excluding carboxylic acids is 1. The molecule has 24 heavy (non-hydrogen) atoms. The van der Waals surface area contributed by atoms with Crippen molar-refractivity contribution in [1.82, 2.24) is 9.78 Å². The summed E-state index contributed by atoms with van der Waals surface area (Å²) in [7, 11) is 0. The Morgan fingerprint density at radius 1 is 1.42 bits per heavy atom. The van der Waals surface area contributed by atoms with Gasteiger partial charge in [0.2, 0.25) is 5.91 Å². The van der Waals surface area contributed by atoms with Crippen LogP contribution in [-0.4, -0.2) is 20.6 Å². The number of alkyl halides is 3. The van der Waals surface area contributed by atoms with E-state index < -0.39 is 22.6 Å². The fraction of sp³-hybridized carbons (Fsp3) is 0.231. The summed E-state index contributed by atoms with van der Waals surface area (Å²) in [4.78, 5) is 21.8. The molecule has 0 unspecified atom stereocenters. The van der Waals surface area contributed by atoms with Gasteiger partial charge in [-0.3, -0.25) is 19.6 Å². The molecule has 11 heteroatoms. The molecule has 1 heterocycles. The molecule has 0 saturated carbocycles. The van der Waals surface area contributed by atoms with E-state index in [1.165, 1.54) is 16.9 Å². The average molecular weight is 454 g/mol. The lowest BCUT2D eigenvalue weighted by Crippen LogP contribution is -2.16. The van der Waals surface area contributed by atoms with Gasteiger partial charge in [0.25, 0.3) is 0 Å². The molecule has 0 radical (unpaired) electrons. The van der Waals surface area contributed by atoms with Crippen LogP contribution in [0.3, 0.4) is 0 Å². The SMILES string of the molecule is O=C(CCn1cc([N+](=O)[O-])cn1)Nc1cc(C(F)(F)F)ccc1I. The first kappa shape index (κ1) is 18.2. The summed E-state index contributed by atoms with van der Waals surface area (Å²) >= 11 is 1.81. The van der Waals surface area contributed by atoms with Crippen molar-refractivity contribution in [1.29, 1.82) is 0 Å². The first-order valence-corrected chi connectivity index (χ1v) is 7.58. The number of benzene rings is 1. The maximum absolute atomic E-state index is 12.7. The zero-order valence-corrected chi connectivity index (χ0v) is 14.0. The lowest BCUT2D eigenvalue weighted by Gasteiger charge is -2.12. The summed E-state index contributed by atoms with van der Waals surface area (Å²) in [5.41, 5.74) is -1.01. The molecule has 0 saturated heterocycles. The second kappa shape index (κ2) is 7.15. The molecule has 1 N–H and O–H groups in total. The number of nitrogens with zero attached hydrogens (tertiary/aromatic N) is 3. The number of anilines is 1. The van der Waals surface area contributed by atoms with Crippen LogP contribution in [0.15, 0.2) is 30.6 Å². The van der Waals surface area contributed by atoms with E-state index in [4.69, 9.17) is 0 Å². The Morgan fingerprint density at radius 2 is 2.12 bits per heavy atom. The molecule has 0 spiro atoms. The minimum absolute atomic E-state index is 0.0573. The van der Waals surface area contributed by atoms with E-state index in [1.54, 1.807) is 0 Å². The Balaban J connectivity index is 2.00. The van der Waals surface area contributed by atoms with E-state index in [2.05, 4.69) is 10.4 Å². The van der Waals surface area contributed by atoms with Gasteiger partial charge in [0, 0.05) is 16.5 Å². The van der Waals surface area contributed by atoms with Gasteiger partial charge in [-0.15, -0.1) is 0 Å². The zero-order valence-electron chi connectivity index (χ0n) is 11.9. The van der Waals surface area contributed by atoms with Crippen molar-refractivity contribution in [3.8, 4) is 0 Å². The van der Waals surface area contributed by atoms with Gasteiger partial charge in [0.1, 0.15) is 12.4 Å². The highest BCUT2D eigenvalue weighted by atomic mass is 127. The van der Waals surface area contributed by atoms with Crippen molar-refractivity contribution in [2.24, 2.45) is 0 Å². The van der Waals surface area contributed by atoms with Gasteiger partial charge in [0.15, 0.2) is 0 Å². The molecule has 1 amide bonds. The Labute approximate surface area is 147 Å². The third kappa shape index (κ3) is 4.66. The number of hydrogen-bond acceptors (Lipinski definition) is 4. The van der Waals surface area contributed by atoms with Crippen molar-refractivity contribution in [2.45, 2.75) is 19.1 Å². The Morgan fingerprint density at radius 3 is 2.71 bits per heavy atom. The topological polar surface area (TPSA) is 90.1 Å². The van der Waals surface area contributed by atoms with Gasteiger partial charge in [0.05, 0.1) is 16.2 Å². The van der Waals surface area contributed by atoms with Crippen molar-refractivity contribution >= 4 is 39.9 Å².